The molecular weight excluding hydrogens is 246 g/mol. The molecule has 0 spiro atoms. The van der Waals surface area contributed by atoms with Crippen LogP contribution >= 0.6 is 0 Å². The number of para-hydroxylation sites is 1. The van der Waals surface area contributed by atoms with Gasteiger partial charge in [0, 0.05) is 11.6 Å². The molecule has 0 aliphatic rings. The van der Waals surface area contributed by atoms with Crippen LogP contribution in [-0.2, 0) is 6.61 Å². The van der Waals surface area contributed by atoms with Gasteiger partial charge in [-0.3, -0.25) is 0 Å². The molecule has 106 valence electrons. The Morgan fingerprint density at radius 3 is 2.25 bits per heavy atom. The van der Waals surface area contributed by atoms with Crippen LogP contribution in [0.2, 0.25) is 0 Å². The molecule has 0 aromatic heterocycles. The SMILES string of the molecule is Cc1cc(C)c(COc2ccccc2[C@H](C)N)c(C)c1. The number of hydrogen-bond donors (Lipinski definition) is 1. The summed E-state index contributed by atoms with van der Waals surface area (Å²) in [6.07, 6.45) is 0. The maximum atomic E-state index is 6.01. The molecule has 0 amide bonds. The number of nitrogens with two attached hydrogens (primary N) is 1. The molecule has 1 atom stereocenters. The molecule has 0 aliphatic carbocycles. The van der Waals surface area contributed by atoms with E-state index in [4.69, 9.17) is 10.5 Å². The van der Waals surface area contributed by atoms with Crippen LogP contribution in [0, 0.1) is 20.8 Å². The first kappa shape index (κ1) is 14.6. The second-order valence-electron chi connectivity index (χ2n) is 5.49. The highest BCUT2D eigenvalue weighted by Gasteiger charge is 2.09. The zero-order chi connectivity index (χ0) is 14.7. The summed E-state index contributed by atoms with van der Waals surface area (Å²) < 4.78 is 6.01. The Hall–Kier alpha value is -1.80. The molecular formula is C18H23NO. The summed E-state index contributed by atoms with van der Waals surface area (Å²) in [7, 11) is 0. The Morgan fingerprint density at radius 1 is 1.05 bits per heavy atom. The lowest BCUT2D eigenvalue weighted by Crippen LogP contribution is -2.08. The molecule has 0 radical (unpaired) electrons. The summed E-state index contributed by atoms with van der Waals surface area (Å²) in [5.74, 6) is 0.877. The topological polar surface area (TPSA) is 35.2 Å². The number of aryl methyl sites for hydroxylation is 3. The van der Waals surface area contributed by atoms with Crippen LogP contribution in [0.25, 0.3) is 0 Å². The smallest absolute Gasteiger partial charge is 0.124 e. The van der Waals surface area contributed by atoms with Gasteiger partial charge in [-0.25, -0.2) is 0 Å². The molecule has 2 heteroatoms. The highest BCUT2D eigenvalue weighted by molar-refractivity contribution is 5.39. The van der Waals surface area contributed by atoms with E-state index in [0.717, 1.165) is 11.3 Å². The van der Waals surface area contributed by atoms with Crippen molar-refractivity contribution in [3.8, 4) is 5.75 Å². The van der Waals surface area contributed by atoms with Crippen molar-refractivity contribution in [2.75, 3.05) is 0 Å². The van der Waals surface area contributed by atoms with E-state index in [1.165, 1.54) is 22.3 Å². The Balaban J connectivity index is 2.22. The van der Waals surface area contributed by atoms with E-state index in [0.29, 0.717) is 6.61 Å². The van der Waals surface area contributed by atoms with Crippen molar-refractivity contribution in [1.29, 1.82) is 0 Å². The molecule has 0 aliphatic heterocycles. The first-order valence-corrected chi connectivity index (χ1v) is 7.03. The molecule has 2 nitrogen and oxygen atoms in total. The van der Waals surface area contributed by atoms with Crippen LogP contribution in [0.4, 0.5) is 0 Å². The third-order valence-electron chi connectivity index (χ3n) is 3.62. The quantitative estimate of drug-likeness (QED) is 0.902. The van der Waals surface area contributed by atoms with E-state index in [-0.39, 0.29) is 6.04 Å². The molecule has 0 unspecified atom stereocenters. The first-order chi connectivity index (χ1) is 9.49. The van der Waals surface area contributed by atoms with Crippen molar-refractivity contribution >= 4 is 0 Å². The lowest BCUT2D eigenvalue weighted by atomic mass is 10.0. The predicted molar refractivity (Wildman–Crippen MR) is 84.0 cm³/mol. The Kier molecular flexibility index (Phi) is 4.46. The number of hydrogen-bond acceptors (Lipinski definition) is 2. The molecule has 0 fully saturated rings. The summed E-state index contributed by atoms with van der Waals surface area (Å²) >= 11 is 0. The molecule has 2 aromatic rings. The number of ether oxygens (including phenoxy) is 1. The van der Waals surface area contributed by atoms with Crippen molar-refractivity contribution in [2.45, 2.75) is 40.3 Å². The maximum absolute atomic E-state index is 6.01. The Labute approximate surface area is 121 Å². The van der Waals surface area contributed by atoms with Crippen LogP contribution < -0.4 is 10.5 Å². The minimum absolute atomic E-state index is 0.0218. The van der Waals surface area contributed by atoms with Crippen LogP contribution in [0.1, 0.15) is 40.8 Å². The fraction of sp³-hybridized carbons (Fsp3) is 0.333. The van der Waals surface area contributed by atoms with E-state index in [2.05, 4.69) is 32.9 Å². The summed E-state index contributed by atoms with van der Waals surface area (Å²) in [6.45, 7) is 8.95. The van der Waals surface area contributed by atoms with Crippen LogP contribution in [-0.4, -0.2) is 0 Å². The van der Waals surface area contributed by atoms with Gasteiger partial charge in [-0.15, -0.1) is 0 Å². The maximum Gasteiger partial charge on any atom is 0.124 e. The van der Waals surface area contributed by atoms with Crippen molar-refractivity contribution in [3.05, 3.63) is 64.2 Å². The summed E-state index contributed by atoms with van der Waals surface area (Å²) in [6, 6.07) is 12.4. The van der Waals surface area contributed by atoms with Crippen LogP contribution in [0.3, 0.4) is 0 Å². The van der Waals surface area contributed by atoms with Gasteiger partial charge in [0.1, 0.15) is 12.4 Å². The molecule has 0 heterocycles. The number of benzene rings is 2. The third-order valence-corrected chi connectivity index (χ3v) is 3.62. The van der Waals surface area contributed by atoms with Gasteiger partial charge in [-0.05, 0) is 50.5 Å². The summed E-state index contributed by atoms with van der Waals surface area (Å²) in [5.41, 5.74) is 12.1. The minimum Gasteiger partial charge on any atom is -0.489 e. The lowest BCUT2D eigenvalue weighted by molar-refractivity contribution is 0.300. The molecule has 2 N–H and O–H groups in total. The van der Waals surface area contributed by atoms with Crippen molar-refractivity contribution in [2.24, 2.45) is 5.73 Å². The second kappa shape index (κ2) is 6.10. The average molecular weight is 269 g/mol. The summed E-state index contributed by atoms with van der Waals surface area (Å²) in [4.78, 5) is 0. The molecule has 2 rings (SSSR count). The lowest BCUT2D eigenvalue weighted by Gasteiger charge is -2.16. The molecule has 0 bridgehead atoms. The van der Waals surface area contributed by atoms with Crippen molar-refractivity contribution in [3.63, 3.8) is 0 Å². The van der Waals surface area contributed by atoms with Gasteiger partial charge in [-0.1, -0.05) is 35.9 Å². The highest BCUT2D eigenvalue weighted by Crippen LogP contribution is 2.25. The Morgan fingerprint density at radius 2 is 1.65 bits per heavy atom. The predicted octanol–water partition coefficient (Wildman–Crippen LogP) is 4.21. The molecule has 0 saturated carbocycles. The zero-order valence-electron chi connectivity index (χ0n) is 12.7. The second-order valence-corrected chi connectivity index (χ2v) is 5.49. The van der Waals surface area contributed by atoms with Crippen molar-refractivity contribution in [1.82, 2.24) is 0 Å². The Bertz CT molecular complexity index is 579. The van der Waals surface area contributed by atoms with Gasteiger partial charge in [0.2, 0.25) is 0 Å². The van der Waals surface area contributed by atoms with Gasteiger partial charge in [-0.2, -0.15) is 0 Å². The van der Waals surface area contributed by atoms with Crippen molar-refractivity contribution < 1.29 is 4.74 Å². The standard InChI is InChI=1S/C18H23NO/c1-12-9-13(2)17(14(3)10-12)11-20-18-8-6-5-7-16(18)15(4)19/h5-10,15H,11,19H2,1-4H3/t15-/m0/s1. The fourth-order valence-corrected chi connectivity index (χ4v) is 2.58. The van der Waals surface area contributed by atoms with E-state index >= 15 is 0 Å². The summed E-state index contributed by atoms with van der Waals surface area (Å²) in [5, 5.41) is 0. The number of rotatable bonds is 4. The van der Waals surface area contributed by atoms with E-state index < -0.39 is 0 Å². The fourth-order valence-electron chi connectivity index (χ4n) is 2.58. The zero-order valence-corrected chi connectivity index (χ0v) is 12.7. The monoisotopic (exact) mass is 269 g/mol. The van der Waals surface area contributed by atoms with Gasteiger partial charge >= 0.3 is 0 Å². The third kappa shape index (κ3) is 3.20. The van der Waals surface area contributed by atoms with Crippen LogP contribution in [0.15, 0.2) is 36.4 Å². The minimum atomic E-state index is -0.0218. The first-order valence-electron chi connectivity index (χ1n) is 7.03. The molecule has 20 heavy (non-hydrogen) atoms. The largest absolute Gasteiger partial charge is 0.489 e. The van der Waals surface area contributed by atoms with Gasteiger partial charge in [0.25, 0.3) is 0 Å². The van der Waals surface area contributed by atoms with Gasteiger partial charge in [0.05, 0.1) is 0 Å². The van der Waals surface area contributed by atoms with Gasteiger partial charge in [0.15, 0.2) is 0 Å². The van der Waals surface area contributed by atoms with E-state index in [1.807, 2.05) is 31.2 Å². The van der Waals surface area contributed by atoms with Gasteiger partial charge < -0.3 is 10.5 Å². The highest BCUT2D eigenvalue weighted by atomic mass is 16.5. The van der Waals surface area contributed by atoms with E-state index in [9.17, 15) is 0 Å². The molecule has 0 saturated heterocycles. The average Bonchev–Trinajstić information content (AvgIpc) is 2.37. The normalized spacial score (nSPS) is 12.2. The van der Waals surface area contributed by atoms with Crippen LogP contribution in [0.5, 0.6) is 5.75 Å². The van der Waals surface area contributed by atoms with E-state index in [1.54, 1.807) is 0 Å². The molecule has 2 aromatic carbocycles.